The van der Waals surface area contributed by atoms with Gasteiger partial charge in [0.05, 0.1) is 5.75 Å². The Morgan fingerprint density at radius 1 is 1.50 bits per heavy atom. The van der Waals surface area contributed by atoms with Crippen LogP contribution in [0.15, 0.2) is 0 Å². The summed E-state index contributed by atoms with van der Waals surface area (Å²) in [5, 5.41) is 11.2. The van der Waals surface area contributed by atoms with Crippen LogP contribution < -0.4 is 11.1 Å². The van der Waals surface area contributed by atoms with Crippen molar-refractivity contribution in [2.75, 3.05) is 24.6 Å². The van der Waals surface area contributed by atoms with Crippen LogP contribution in [0.2, 0.25) is 0 Å². The second kappa shape index (κ2) is 3.69. The Balaban J connectivity index is 2.47. The third kappa shape index (κ3) is 2.41. The smallest absolute Gasteiger partial charge is 0.159 e. The van der Waals surface area contributed by atoms with E-state index in [1.54, 1.807) is 0 Å². The number of hydrogen-bond acceptors (Lipinski definition) is 3. The Bertz CT molecular complexity index is 239. The number of rotatable bonds is 3. The van der Waals surface area contributed by atoms with Crippen LogP contribution in [0.25, 0.3) is 0 Å². The van der Waals surface area contributed by atoms with Gasteiger partial charge in [-0.25, -0.2) is 8.42 Å². The van der Waals surface area contributed by atoms with E-state index in [9.17, 15) is 13.5 Å². The van der Waals surface area contributed by atoms with Gasteiger partial charge in [0.1, 0.15) is 31.0 Å². The molecule has 6 heteroatoms. The average molecular weight is 196 g/mol. The van der Waals surface area contributed by atoms with Crippen LogP contribution in [-0.4, -0.2) is 50.3 Å². The molecule has 1 aliphatic rings. The molecule has 0 bridgehead atoms. The van der Waals surface area contributed by atoms with Crippen molar-refractivity contribution in [1.82, 2.24) is 0 Å². The van der Waals surface area contributed by atoms with Gasteiger partial charge in [-0.3, -0.25) is 0 Å². The van der Waals surface area contributed by atoms with Crippen LogP contribution >= 0.6 is 0 Å². The molecule has 1 aliphatic heterocycles. The van der Waals surface area contributed by atoms with Crippen LogP contribution in [0.1, 0.15) is 0 Å². The van der Waals surface area contributed by atoms with E-state index in [0.717, 1.165) is 13.1 Å². The van der Waals surface area contributed by atoms with E-state index >= 15 is 0 Å². The molecule has 12 heavy (non-hydrogen) atoms. The SMILES string of the molecule is [NH3+]CC[NH2+][C@@H]1CS(=O)(=O)C[C@@H]1O. The number of nitrogens with two attached hydrogens (primary N) is 1. The number of aliphatic hydroxyl groups excluding tert-OH is 1. The lowest BCUT2D eigenvalue weighted by Crippen LogP contribution is -2.95. The number of hydrogen-bond donors (Lipinski definition) is 3. The highest BCUT2D eigenvalue weighted by Crippen LogP contribution is 2.08. The van der Waals surface area contributed by atoms with Gasteiger partial charge in [0, 0.05) is 0 Å². The summed E-state index contributed by atoms with van der Waals surface area (Å²) in [4.78, 5) is 0. The summed E-state index contributed by atoms with van der Waals surface area (Å²) in [5.74, 6) is 0.0273. The van der Waals surface area contributed by atoms with Crippen molar-refractivity contribution in [3.05, 3.63) is 0 Å². The molecule has 2 atom stereocenters. The van der Waals surface area contributed by atoms with Crippen LogP contribution in [-0.2, 0) is 9.84 Å². The summed E-state index contributed by atoms with van der Waals surface area (Å²) in [6, 6.07) is -0.170. The Kier molecular flexibility index (Phi) is 3.05. The molecule has 0 spiro atoms. The monoisotopic (exact) mass is 196 g/mol. The zero-order chi connectivity index (χ0) is 9.19. The standard InChI is InChI=1S/C6H14N2O3S/c7-1-2-8-5-3-12(10,11)4-6(5)9/h5-6,8-9H,1-4,7H2/p+2/t5-,6+/m1/s1. The van der Waals surface area contributed by atoms with Crippen molar-refractivity contribution in [2.24, 2.45) is 0 Å². The highest BCUT2D eigenvalue weighted by molar-refractivity contribution is 7.91. The van der Waals surface area contributed by atoms with Gasteiger partial charge in [0.2, 0.25) is 0 Å². The van der Waals surface area contributed by atoms with E-state index in [4.69, 9.17) is 0 Å². The summed E-state index contributed by atoms with van der Waals surface area (Å²) >= 11 is 0. The molecule has 0 radical (unpaired) electrons. The topological polar surface area (TPSA) is 98.6 Å². The molecule has 0 saturated carbocycles. The van der Waals surface area contributed by atoms with Crippen LogP contribution in [0.5, 0.6) is 0 Å². The third-order valence-electron chi connectivity index (χ3n) is 2.04. The fourth-order valence-corrected chi connectivity index (χ4v) is 3.26. The maximum atomic E-state index is 11.0. The molecule has 1 fully saturated rings. The molecule has 0 amide bonds. The Labute approximate surface area is 71.9 Å². The zero-order valence-electron chi connectivity index (χ0n) is 6.94. The van der Waals surface area contributed by atoms with Gasteiger partial charge >= 0.3 is 0 Å². The Morgan fingerprint density at radius 3 is 2.58 bits per heavy atom. The normalized spacial score (nSPS) is 33.8. The molecule has 0 aromatic carbocycles. The van der Waals surface area contributed by atoms with Crippen LogP contribution in [0.4, 0.5) is 0 Å². The molecule has 1 saturated heterocycles. The van der Waals surface area contributed by atoms with Gasteiger partial charge in [-0.1, -0.05) is 0 Å². The predicted molar refractivity (Wildman–Crippen MR) is 43.0 cm³/mol. The summed E-state index contributed by atoms with van der Waals surface area (Å²) in [6.45, 7) is 1.53. The van der Waals surface area contributed by atoms with Gasteiger partial charge in [-0.05, 0) is 0 Å². The molecular weight excluding hydrogens is 180 g/mol. The summed E-state index contributed by atoms with van der Waals surface area (Å²) in [5.41, 5.74) is 3.65. The number of sulfone groups is 1. The van der Waals surface area contributed by atoms with E-state index in [0.29, 0.717) is 0 Å². The fourth-order valence-electron chi connectivity index (χ4n) is 1.41. The first-order valence-electron chi connectivity index (χ1n) is 4.06. The van der Waals surface area contributed by atoms with E-state index in [-0.39, 0.29) is 17.5 Å². The maximum Gasteiger partial charge on any atom is 0.159 e. The average Bonchev–Trinajstić information content (AvgIpc) is 2.20. The first kappa shape index (κ1) is 9.91. The van der Waals surface area contributed by atoms with Crippen LogP contribution in [0, 0.1) is 0 Å². The molecule has 72 valence electrons. The first-order chi connectivity index (χ1) is 5.55. The maximum absolute atomic E-state index is 11.0. The fraction of sp³-hybridized carbons (Fsp3) is 1.00. The minimum atomic E-state index is -2.98. The van der Waals surface area contributed by atoms with Gasteiger partial charge in [-0.2, -0.15) is 0 Å². The first-order valence-corrected chi connectivity index (χ1v) is 5.88. The Morgan fingerprint density at radius 2 is 2.17 bits per heavy atom. The molecule has 1 heterocycles. The summed E-state index contributed by atoms with van der Waals surface area (Å²) in [7, 11) is -2.98. The van der Waals surface area contributed by atoms with Gasteiger partial charge in [0.25, 0.3) is 0 Å². The van der Waals surface area contributed by atoms with Gasteiger partial charge < -0.3 is 16.2 Å². The zero-order valence-corrected chi connectivity index (χ0v) is 7.76. The Hall–Kier alpha value is -0.170. The van der Waals surface area contributed by atoms with Crippen molar-refractivity contribution >= 4 is 9.84 Å². The molecular formula is C6H16N2O3S+2. The summed E-state index contributed by atoms with van der Waals surface area (Å²) in [6.07, 6.45) is -0.693. The predicted octanol–water partition coefficient (Wildman–Crippen LogP) is -4.05. The third-order valence-corrected chi connectivity index (χ3v) is 3.78. The lowest BCUT2D eigenvalue weighted by atomic mass is 10.2. The number of quaternary nitrogens is 2. The molecule has 5 nitrogen and oxygen atoms in total. The minimum Gasteiger partial charge on any atom is -0.386 e. The van der Waals surface area contributed by atoms with E-state index in [2.05, 4.69) is 5.73 Å². The van der Waals surface area contributed by atoms with Gasteiger partial charge in [0.15, 0.2) is 9.84 Å². The lowest BCUT2D eigenvalue weighted by molar-refractivity contribution is -0.702. The quantitative estimate of drug-likeness (QED) is 0.428. The van der Waals surface area contributed by atoms with E-state index in [1.807, 2.05) is 5.32 Å². The van der Waals surface area contributed by atoms with Crippen molar-refractivity contribution < 1.29 is 24.6 Å². The van der Waals surface area contributed by atoms with Crippen molar-refractivity contribution in [1.29, 1.82) is 0 Å². The van der Waals surface area contributed by atoms with Crippen LogP contribution in [0.3, 0.4) is 0 Å². The molecule has 0 aromatic heterocycles. The molecule has 1 rings (SSSR count). The number of aliphatic hydroxyl groups is 1. The highest BCUT2D eigenvalue weighted by Gasteiger charge is 2.38. The molecule has 6 N–H and O–H groups in total. The van der Waals surface area contributed by atoms with E-state index < -0.39 is 15.9 Å². The van der Waals surface area contributed by atoms with Crippen molar-refractivity contribution in [3.8, 4) is 0 Å². The summed E-state index contributed by atoms with van der Waals surface area (Å²) < 4.78 is 22.0. The second-order valence-corrected chi connectivity index (χ2v) is 5.34. The van der Waals surface area contributed by atoms with Crippen molar-refractivity contribution in [3.63, 3.8) is 0 Å². The van der Waals surface area contributed by atoms with Gasteiger partial charge in [-0.15, -0.1) is 0 Å². The van der Waals surface area contributed by atoms with Crippen molar-refractivity contribution in [2.45, 2.75) is 12.1 Å². The highest BCUT2D eigenvalue weighted by atomic mass is 32.2. The minimum absolute atomic E-state index is 0.0781. The molecule has 0 unspecified atom stereocenters. The molecule has 0 aliphatic carbocycles. The van der Waals surface area contributed by atoms with E-state index in [1.165, 1.54) is 0 Å². The largest absolute Gasteiger partial charge is 0.386 e. The molecule has 0 aromatic rings. The lowest BCUT2D eigenvalue weighted by Gasteiger charge is -2.09. The second-order valence-electron chi connectivity index (χ2n) is 3.19.